The molecule has 0 aromatic carbocycles. The first-order valence-electron chi connectivity index (χ1n) is 47.5. The van der Waals surface area contributed by atoms with Crippen LogP contribution >= 0.6 is 33.3 Å². The Morgan fingerprint density at radius 2 is 1.22 bits per heavy atom. The molecule has 20 atom stereocenters. The van der Waals surface area contributed by atoms with Crippen LogP contribution in [-0.4, -0.2) is 367 Å². The molecule has 6 aliphatic rings. The van der Waals surface area contributed by atoms with Gasteiger partial charge >= 0.3 is 6.03 Å². The van der Waals surface area contributed by atoms with Crippen molar-refractivity contribution in [2.75, 3.05) is 109 Å². The minimum atomic E-state index is -2.01. The van der Waals surface area contributed by atoms with Crippen molar-refractivity contribution in [3.05, 3.63) is 46.5 Å². The van der Waals surface area contributed by atoms with Crippen LogP contribution in [0.4, 0.5) is 4.79 Å². The van der Waals surface area contributed by atoms with Crippen molar-refractivity contribution < 1.29 is 131 Å². The van der Waals surface area contributed by atoms with Gasteiger partial charge in [-0.1, -0.05) is 91.5 Å². The smallest absolute Gasteiger partial charge is 0.315 e. The van der Waals surface area contributed by atoms with Gasteiger partial charge in [0, 0.05) is 65.8 Å². The lowest BCUT2D eigenvalue weighted by atomic mass is 9.88. The molecule has 6 rings (SSSR count). The highest BCUT2D eigenvalue weighted by Crippen LogP contribution is 2.34. The maximum Gasteiger partial charge on any atom is 0.315 e. The summed E-state index contributed by atoms with van der Waals surface area (Å²) < 4.78 is 16.8. The number of carbonyl (C=O) groups excluding carboxylic acids is 20. The third-order valence-corrected chi connectivity index (χ3v) is 27.5. The third-order valence-electron chi connectivity index (χ3n) is 23.6. The van der Waals surface area contributed by atoms with Gasteiger partial charge in [0.2, 0.25) is 112 Å². The van der Waals surface area contributed by atoms with Gasteiger partial charge in [-0.25, -0.2) is 4.79 Å². The summed E-state index contributed by atoms with van der Waals surface area (Å²) in [6.07, 6.45) is 7.56. The van der Waals surface area contributed by atoms with Crippen LogP contribution < -0.4 is 119 Å². The number of amides is 21. The molecule has 798 valence electrons. The number of unbranched alkanes of at least 4 members (excludes halogenated alkanes) is 3. The number of carbonyl (C=O) groups is 20. The summed E-state index contributed by atoms with van der Waals surface area (Å²) in [4.78, 5) is 283. The zero-order valence-electron chi connectivity index (χ0n) is 80.6. The van der Waals surface area contributed by atoms with Crippen LogP contribution in [0.15, 0.2) is 41.2 Å². The number of hydrogen-bond donors (Lipinski definition) is 26. The molecular formula is C87H140N26O27S3. The zero-order valence-corrected chi connectivity index (χ0v) is 83.1. The Morgan fingerprint density at radius 1 is 0.594 bits per heavy atom. The van der Waals surface area contributed by atoms with Crippen molar-refractivity contribution in [2.24, 2.45) is 45.8 Å². The Kier molecular flexibility index (Phi) is 53.2. The van der Waals surface area contributed by atoms with Crippen molar-refractivity contribution in [1.29, 1.82) is 0 Å². The van der Waals surface area contributed by atoms with E-state index in [1.54, 1.807) is 44.0 Å². The van der Waals surface area contributed by atoms with Crippen LogP contribution in [0, 0.1) is 17.8 Å². The third kappa shape index (κ3) is 41.5. The number of rotatable bonds is 47. The molecule has 0 radical (unpaired) electrons. The second-order valence-corrected chi connectivity index (χ2v) is 39.4. The van der Waals surface area contributed by atoms with Crippen LogP contribution in [0.2, 0.25) is 0 Å². The lowest BCUT2D eigenvalue weighted by molar-refractivity contribution is -0.144. The van der Waals surface area contributed by atoms with E-state index in [2.05, 4.69) is 106 Å². The molecule has 5 heterocycles. The maximum atomic E-state index is 15.2. The van der Waals surface area contributed by atoms with E-state index in [1.807, 2.05) is 12.2 Å². The Balaban J connectivity index is 1.31. The van der Waals surface area contributed by atoms with Crippen molar-refractivity contribution in [3.8, 4) is 0 Å². The Labute approximate surface area is 838 Å². The minimum Gasteiger partial charge on any atom is -0.394 e. The molecule has 56 heteroatoms. The standard InChI is InChI=1S/C87H140N26O27S3/c1-45(2)33-55-78(128)99-52(18-11-13-25-96-112-92)76(126)104-59(40-116)80(130)103-56(35-66(90)119)86(136)113-27-14-19-63(113)83(133)110-71(47(5)117)85(135)106-57(38-114)74(124)95-37-68(121)98-61(81(131)105-58(39-115)79(129)101-54(73(91)123)34-48-36-94-50-16-7-6-15-49(48)50)43-142-143-44-62(82(132)100-53(22-23-65(89)118)77(127)109-70(46(3)4)84(134)102-55)107-75(125)51(17-10-12-24-88)97-69(122)41-140-32-31-139-30-29-138-28-26-93-67(120)21-9-8-20-64-72-60(42-141-64)108-87(137)111-72/h6-7,15-16,36,45-47,49-64,70-72,94,114-117H,8-14,17-35,37-44,88H2,1-5H3,(H2,89,118)(H2,90,119)(H2,91,123)(H,93,120)(H,95,124)(H,97,122)(H,98,121)(H,99,128)(H,100,132)(H,101,129)(H,102,134)(H,103,130)(H,104,126)(H,105,131)(H,106,135)(H,107,125)(H,109,127)(H,110,133)(H2,108,111,137)/t47-,49?,50?,51+,52+,53+,54+,55+,56?,57?,58+,59+,60+,61+,62+,63+,64+,70+,71+,72+/m1/s1. The number of azide groups is 1. The van der Waals surface area contributed by atoms with Gasteiger partial charge in [0.1, 0.15) is 91.2 Å². The molecule has 53 nitrogen and oxygen atoms in total. The van der Waals surface area contributed by atoms with Gasteiger partial charge in [0.25, 0.3) is 0 Å². The van der Waals surface area contributed by atoms with E-state index in [0.717, 1.165) is 30.4 Å². The number of hydrogen-bond acceptors (Lipinski definition) is 33. The summed E-state index contributed by atoms with van der Waals surface area (Å²) in [5.74, 6) is -22.5. The molecule has 4 saturated heterocycles. The maximum absolute atomic E-state index is 15.2. The number of nitrogens with two attached hydrogens (primary N) is 4. The fourth-order valence-electron chi connectivity index (χ4n) is 15.9. The van der Waals surface area contributed by atoms with Gasteiger partial charge < -0.3 is 158 Å². The van der Waals surface area contributed by atoms with Crippen LogP contribution in [-0.2, 0) is 105 Å². The molecule has 0 spiro atoms. The first kappa shape index (κ1) is 120. The van der Waals surface area contributed by atoms with Gasteiger partial charge in [-0.15, -0.1) is 0 Å². The second-order valence-electron chi connectivity index (χ2n) is 35.6. The van der Waals surface area contributed by atoms with Gasteiger partial charge in [-0.2, -0.15) is 11.8 Å². The number of nitrogens with one attached hydrogen (secondary N) is 18. The zero-order chi connectivity index (χ0) is 105. The largest absolute Gasteiger partial charge is 0.394 e. The summed E-state index contributed by atoms with van der Waals surface area (Å²) in [6, 6.07) is -24.8. The van der Waals surface area contributed by atoms with E-state index >= 15 is 4.79 Å². The number of urea groups is 1. The normalized spacial score (nSPS) is 25.6. The van der Waals surface area contributed by atoms with E-state index in [4.69, 9.17) is 42.7 Å². The van der Waals surface area contributed by atoms with E-state index < -0.39 is 273 Å². The van der Waals surface area contributed by atoms with Crippen molar-refractivity contribution in [2.45, 2.75) is 258 Å². The Bertz CT molecular complexity index is 4520. The lowest BCUT2D eigenvalue weighted by Crippen LogP contribution is -2.62. The number of nitrogens with zero attached hydrogens (tertiary/aromatic N) is 4. The minimum absolute atomic E-state index is 0.0224. The van der Waals surface area contributed by atoms with Crippen LogP contribution in [0.5, 0.6) is 0 Å². The highest BCUT2D eigenvalue weighted by Gasteiger charge is 2.46. The van der Waals surface area contributed by atoms with Gasteiger partial charge in [-0.05, 0) is 120 Å². The average Bonchev–Trinajstić information content (AvgIpc) is 1.64. The molecule has 4 fully saturated rings. The predicted octanol–water partition coefficient (Wildman–Crippen LogP) is -9.03. The molecule has 5 aliphatic heterocycles. The molecule has 30 N–H and O–H groups in total. The van der Waals surface area contributed by atoms with E-state index in [0.29, 0.717) is 46.4 Å². The number of allylic oxidation sites excluding steroid dienone is 2. The van der Waals surface area contributed by atoms with Gasteiger partial charge in [0.15, 0.2) is 0 Å². The topological polar surface area (TPSA) is 823 Å². The number of ether oxygens (including phenoxy) is 3. The Morgan fingerprint density at radius 3 is 1.89 bits per heavy atom. The molecule has 0 aromatic rings. The van der Waals surface area contributed by atoms with Crippen LogP contribution in [0.1, 0.15) is 144 Å². The van der Waals surface area contributed by atoms with Gasteiger partial charge in [-0.3, -0.25) is 91.1 Å². The molecule has 0 aromatic heterocycles. The molecule has 21 amide bonds. The lowest BCUT2D eigenvalue weighted by Gasteiger charge is -2.31. The van der Waals surface area contributed by atoms with Crippen LogP contribution in [0.25, 0.3) is 10.4 Å². The summed E-state index contributed by atoms with van der Waals surface area (Å²) in [6.45, 7) is 2.36. The monoisotopic (exact) mass is 2080 g/mol. The SMILES string of the molecule is CC(C)C[C@@H]1NC(=O)[C@H](C(C)C)NC(=O)[C@H](CCC(N)=O)NC(=O)[C@@H](NC(=O)[C@H](CCCCN)NC(=O)COCCOCCOCCNC(=O)CCCC[C@@H]2SC[C@@H]3NC(=O)N[C@@H]32)CSSC[C@@H](C(=O)N[C@@H](CO)C(=O)N[C@@H](CC2=CNC3C=CC=CC23)C(N)=O)NC(=O)CNC(=O)C(CO)NC(=O)[C@H]([C@@H](C)O)NC(=O)[C@@H]2CCCN2C(=O)C(CC(N)=O)NC(=O)[C@H](CO)NC(=O)[C@H](CCCCN=[N+]=[N-])NC1=O. The number of fused-ring (bicyclic) bond motifs is 3. The number of primary amides is 3. The van der Waals surface area contributed by atoms with Crippen molar-refractivity contribution >= 4 is 152 Å². The highest BCUT2D eigenvalue weighted by atomic mass is 33.1. The van der Waals surface area contributed by atoms with Crippen molar-refractivity contribution in [1.82, 2.24) is 101 Å². The quantitative estimate of drug-likeness (QED) is 0.00672. The first-order valence-corrected chi connectivity index (χ1v) is 51.1. The summed E-state index contributed by atoms with van der Waals surface area (Å²) in [5, 5.41) is 92.3. The highest BCUT2D eigenvalue weighted by molar-refractivity contribution is 8.76. The second kappa shape index (κ2) is 63.4. The fourth-order valence-corrected chi connectivity index (χ4v) is 19.8. The molecule has 1 aliphatic carbocycles. The van der Waals surface area contributed by atoms with E-state index in [-0.39, 0.29) is 158 Å². The van der Waals surface area contributed by atoms with Gasteiger partial charge in [0.05, 0.1) is 90.1 Å². The fraction of sp³-hybridized carbons (Fsp3) is 0.701. The molecular weight excluding hydrogens is 1940 g/mol. The first-order chi connectivity index (χ1) is 68.2. The summed E-state index contributed by atoms with van der Waals surface area (Å²) >= 11 is 1.80. The average molecular weight is 2080 g/mol. The number of thioether (sulfide) groups is 1. The summed E-state index contributed by atoms with van der Waals surface area (Å²) in [5.41, 5.74) is 32.5. The molecule has 0 saturated carbocycles. The number of aliphatic hydroxyl groups is 4. The van der Waals surface area contributed by atoms with Crippen molar-refractivity contribution in [3.63, 3.8) is 0 Å². The predicted molar refractivity (Wildman–Crippen MR) is 518 cm³/mol. The molecule has 4 unspecified atom stereocenters. The molecule has 143 heavy (non-hydrogen) atoms. The van der Waals surface area contributed by atoms with E-state index in [9.17, 15) is 112 Å². The molecule has 0 bridgehead atoms. The Hall–Kier alpha value is -11.7. The number of aliphatic hydroxyl groups excluding tert-OH is 4. The van der Waals surface area contributed by atoms with E-state index in [1.165, 1.54) is 13.8 Å². The van der Waals surface area contributed by atoms with Crippen LogP contribution in [0.3, 0.4) is 0 Å². The summed E-state index contributed by atoms with van der Waals surface area (Å²) in [7, 11) is 1.40.